The quantitative estimate of drug-likeness (QED) is 0.596. The minimum atomic E-state index is 0.362. The smallest absolute Gasteiger partial charge is 0.163 e. The summed E-state index contributed by atoms with van der Waals surface area (Å²) in [5.74, 6) is 1.28. The third-order valence-corrected chi connectivity index (χ3v) is 4.42. The van der Waals surface area contributed by atoms with Gasteiger partial charge in [-0.25, -0.2) is 0 Å². The van der Waals surface area contributed by atoms with Crippen LogP contribution < -0.4 is 14.8 Å². The van der Waals surface area contributed by atoms with E-state index in [-0.39, 0.29) is 0 Å². The minimum absolute atomic E-state index is 0.362. The average Bonchev–Trinajstić information content (AvgIpc) is 2.59. The van der Waals surface area contributed by atoms with E-state index in [1.807, 2.05) is 30.3 Å². The Morgan fingerprint density at radius 1 is 1.00 bits per heavy atom. The molecule has 0 amide bonds. The maximum atomic E-state index is 6.38. The minimum Gasteiger partial charge on any atom is -0.493 e. The summed E-state index contributed by atoms with van der Waals surface area (Å²) in [4.78, 5) is 0. The lowest BCUT2D eigenvalue weighted by molar-refractivity contribution is 0.284. The van der Waals surface area contributed by atoms with Crippen molar-refractivity contribution in [2.75, 3.05) is 13.7 Å². The molecule has 130 valence electrons. The van der Waals surface area contributed by atoms with Crippen molar-refractivity contribution < 1.29 is 9.47 Å². The monoisotopic (exact) mass is 367 g/mol. The average molecular weight is 368 g/mol. The van der Waals surface area contributed by atoms with Crippen molar-refractivity contribution in [3.8, 4) is 11.5 Å². The van der Waals surface area contributed by atoms with Gasteiger partial charge in [0.2, 0.25) is 0 Å². The van der Waals surface area contributed by atoms with Gasteiger partial charge in [0.1, 0.15) is 6.61 Å². The fourth-order valence-corrected chi connectivity index (χ4v) is 2.69. The summed E-state index contributed by atoms with van der Waals surface area (Å²) in [5.41, 5.74) is 1.91. The Bertz CT molecular complexity index is 662. The van der Waals surface area contributed by atoms with Crippen molar-refractivity contribution in [1.82, 2.24) is 5.32 Å². The first-order valence-corrected chi connectivity index (χ1v) is 8.84. The number of rotatable bonds is 9. The lowest BCUT2D eigenvalue weighted by Crippen LogP contribution is -2.14. The van der Waals surface area contributed by atoms with E-state index >= 15 is 0 Å². The normalized spacial score (nSPS) is 10.7. The van der Waals surface area contributed by atoms with Crippen LogP contribution >= 0.6 is 23.2 Å². The fourth-order valence-electron chi connectivity index (χ4n) is 2.28. The molecule has 0 saturated carbocycles. The summed E-state index contributed by atoms with van der Waals surface area (Å²) in [6, 6.07) is 11.3. The van der Waals surface area contributed by atoms with Gasteiger partial charge in [-0.15, -0.1) is 0 Å². The zero-order valence-corrected chi connectivity index (χ0v) is 15.6. The Balaban J connectivity index is 2.07. The lowest BCUT2D eigenvalue weighted by Gasteiger charge is -2.15. The number of benzene rings is 2. The summed E-state index contributed by atoms with van der Waals surface area (Å²) in [6.07, 6.45) is 2.31. The molecule has 3 nitrogen and oxygen atoms in total. The van der Waals surface area contributed by atoms with Crippen molar-refractivity contribution >= 4 is 23.2 Å². The molecular formula is C19H23Cl2NO2. The first kappa shape index (κ1) is 18.9. The van der Waals surface area contributed by atoms with Gasteiger partial charge in [0, 0.05) is 28.2 Å². The number of hydrogen-bond acceptors (Lipinski definition) is 3. The number of halogens is 2. The molecule has 2 rings (SSSR count). The molecule has 0 aliphatic rings. The van der Waals surface area contributed by atoms with Crippen molar-refractivity contribution in [2.45, 2.75) is 32.9 Å². The molecule has 2 aromatic carbocycles. The molecule has 0 fully saturated rings. The highest BCUT2D eigenvalue weighted by Gasteiger charge is 2.11. The Kier molecular flexibility index (Phi) is 7.70. The first-order chi connectivity index (χ1) is 11.7. The molecule has 1 N–H and O–H groups in total. The van der Waals surface area contributed by atoms with Crippen molar-refractivity contribution in [3.05, 3.63) is 57.6 Å². The first-order valence-electron chi connectivity index (χ1n) is 8.09. The van der Waals surface area contributed by atoms with Crippen LogP contribution in [0.5, 0.6) is 11.5 Å². The second-order valence-electron chi connectivity index (χ2n) is 5.50. The van der Waals surface area contributed by atoms with Crippen LogP contribution in [0.25, 0.3) is 0 Å². The van der Waals surface area contributed by atoms with Gasteiger partial charge in [-0.1, -0.05) is 54.7 Å². The molecule has 0 heterocycles. The fraction of sp³-hybridized carbons (Fsp3) is 0.368. The van der Waals surface area contributed by atoms with Gasteiger partial charge in [0.25, 0.3) is 0 Å². The van der Waals surface area contributed by atoms with Gasteiger partial charge >= 0.3 is 0 Å². The van der Waals surface area contributed by atoms with Crippen LogP contribution in [0.2, 0.25) is 10.0 Å². The zero-order valence-electron chi connectivity index (χ0n) is 14.1. The van der Waals surface area contributed by atoms with Gasteiger partial charge in [-0.3, -0.25) is 0 Å². The second-order valence-corrected chi connectivity index (χ2v) is 6.32. The molecule has 0 saturated heterocycles. The summed E-state index contributed by atoms with van der Waals surface area (Å²) in [7, 11) is 1.62. The van der Waals surface area contributed by atoms with E-state index in [0.717, 1.165) is 24.1 Å². The maximum absolute atomic E-state index is 6.38. The van der Waals surface area contributed by atoms with Gasteiger partial charge < -0.3 is 14.8 Å². The highest BCUT2D eigenvalue weighted by atomic mass is 35.5. The second kappa shape index (κ2) is 9.77. The molecule has 0 aromatic heterocycles. The molecule has 0 bridgehead atoms. The van der Waals surface area contributed by atoms with Gasteiger partial charge in [-0.2, -0.15) is 0 Å². The standard InChI is InChI=1S/C19H23Cl2NO2/c1-3-4-9-22-12-15-10-18(23-2)19(11-17(15)21)24-13-14-7-5-6-8-16(14)20/h5-8,10-11,22H,3-4,9,12-13H2,1-2H3. The molecule has 0 radical (unpaired) electrons. The zero-order chi connectivity index (χ0) is 17.4. The Hall–Kier alpha value is -1.42. The predicted molar refractivity (Wildman–Crippen MR) is 100 cm³/mol. The number of hydrogen-bond donors (Lipinski definition) is 1. The van der Waals surface area contributed by atoms with Crippen LogP contribution in [-0.4, -0.2) is 13.7 Å². The number of methoxy groups -OCH3 is 1. The predicted octanol–water partition coefficient (Wildman–Crippen LogP) is 5.47. The Labute approximate surface area is 153 Å². The molecule has 5 heteroatoms. The summed E-state index contributed by atoms with van der Waals surface area (Å²) in [5, 5.41) is 4.72. The molecule has 24 heavy (non-hydrogen) atoms. The van der Waals surface area contributed by atoms with Crippen molar-refractivity contribution in [2.24, 2.45) is 0 Å². The summed E-state index contributed by atoms with van der Waals surface area (Å²) >= 11 is 12.5. The van der Waals surface area contributed by atoms with E-state index in [1.165, 1.54) is 6.42 Å². The molecular weight excluding hydrogens is 345 g/mol. The van der Waals surface area contributed by atoms with Crippen LogP contribution in [0.4, 0.5) is 0 Å². The maximum Gasteiger partial charge on any atom is 0.163 e. The lowest BCUT2D eigenvalue weighted by atomic mass is 10.2. The molecule has 0 unspecified atom stereocenters. The van der Waals surface area contributed by atoms with Crippen LogP contribution in [0.15, 0.2) is 36.4 Å². The van der Waals surface area contributed by atoms with Gasteiger partial charge in [0.05, 0.1) is 7.11 Å². The topological polar surface area (TPSA) is 30.5 Å². The molecule has 0 aliphatic heterocycles. The van der Waals surface area contributed by atoms with E-state index in [9.17, 15) is 0 Å². The largest absolute Gasteiger partial charge is 0.493 e. The van der Waals surface area contributed by atoms with E-state index < -0.39 is 0 Å². The van der Waals surface area contributed by atoms with E-state index in [4.69, 9.17) is 32.7 Å². The van der Waals surface area contributed by atoms with Crippen LogP contribution in [-0.2, 0) is 13.2 Å². The highest BCUT2D eigenvalue weighted by molar-refractivity contribution is 6.31. The molecule has 0 atom stereocenters. The highest BCUT2D eigenvalue weighted by Crippen LogP contribution is 2.34. The van der Waals surface area contributed by atoms with Gasteiger partial charge in [0.15, 0.2) is 11.5 Å². The third kappa shape index (κ3) is 5.30. The number of ether oxygens (including phenoxy) is 2. The summed E-state index contributed by atoms with van der Waals surface area (Å²) in [6.45, 7) is 4.21. The Morgan fingerprint density at radius 2 is 1.79 bits per heavy atom. The summed E-state index contributed by atoms with van der Waals surface area (Å²) < 4.78 is 11.3. The molecule has 0 aliphatic carbocycles. The Morgan fingerprint density at radius 3 is 2.50 bits per heavy atom. The molecule has 2 aromatic rings. The SMILES string of the molecule is CCCCNCc1cc(OC)c(OCc2ccccc2Cl)cc1Cl. The van der Waals surface area contributed by atoms with E-state index in [0.29, 0.717) is 34.7 Å². The van der Waals surface area contributed by atoms with Gasteiger partial charge in [-0.05, 0) is 30.7 Å². The van der Waals surface area contributed by atoms with E-state index in [1.54, 1.807) is 13.2 Å². The molecule has 0 spiro atoms. The van der Waals surface area contributed by atoms with Crippen LogP contribution in [0.1, 0.15) is 30.9 Å². The van der Waals surface area contributed by atoms with Crippen molar-refractivity contribution in [1.29, 1.82) is 0 Å². The third-order valence-electron chi connectivity index (χ3n) is 3.70. The van der Waals surface area contributed by atoms with Crippen LogP contribution in [0.3, 0.4) is 0 Å². The number of unbranched alkanes of at least 4 members (excludes halogenated alkanes) is 1. The van der Waals surface area contributed by atoms with E-state index in [2.05, 4.69) is 12.2 Å². The van der Waals surface area contributed by atoms with Crippen molar-refractivity contribution in [3.63, 3.8) is 0 Å². The van der Waals surface area contributed by atoms with Crippen LogP contribution in [0, 0.1) is 0 Å². The number of nitrogens with one attached hydrogen (secondary N) is 1.